The number of aryl methyl sites for hydroxylation is 1. The van der Waals surface area contributed by atoms with Crippen LogP contribution in [0.3, 0.4) is 0 Å². The minimum atomic E-state index is -0.592. The van der Waals surface area contributed by atoms with Crippen LogP contribution in [-0.2, 0) is 4.74 Å². The van der Waals surface area contributed by atoms with Crippen molar-refractivity contribution in [3.05, 3.63) is 28.8 Å². The van der Waals surface area contributed by atoms with Crippen LogP contribution in [0, 0.1) is 6.92 Å². The lowest BCUT2D eigenvalue weighted by atomic mass is 10.2. The first kappa shape index (κ1) is 13.5. The van der Waals surface area contributed by atoms with E-state index in [1.807, 2.05) is 19.1 Å². The summed E-state index contributed by atoms with van der Waals surface area (Å²) in [5, 5.41) is 0.682. The molecule has 0 aliphatic heterocycles. The topological polar surface area (TPSA) is 41.9 Å². The molecule has 0 N–H and O–H groups in total. The summed E-state index contributed by atoms with van der Waals surface area (Å²) in [5.74, 6) is 0. The Labute approximate surface area is 106 Å². The molecule has 0 aromatic heterocycles. The van der Waals surface area contributed by atoms with Crippen molar-refractivity contribution in [2.24, 2.45) is 4.99 Å². The third-order valence-corrected chi connectivity index (χ3v) is 2.38. The Hall–Kier alpha value is -1.55. The lowest BCUT2D eigenvalue weighted by Gasteiger charge is -2.15. The van der Waals surface area contributed by atoms with Gasteiger partial charge >= 0.3 is 6.09 Å². The zero-order chi connectivity index (χ0) is 12.8. The number of aliphatic imine (C=N–C) groups is 1. The fourth-order valence-electron chi connectivity index (χ4n) is 1.37. The van der Waals surface area contributed by atoms with Crippen LogP contribution in [0.4, 0.5) is 10.5 Å². The van der Waals surface area contributed by atoms with Gasteiger partial charge in [-0.2, -0.15) is 4.99 Å². The Morgan fingerprint density at radius 1 is 1.59 bits per heavy atom. The minimum absolute atomic E-state index is 0.319. The number of carbonyl (C=O) groups is 1. The van der Waals surface area contributed by atoms with Crippen molar-refractivity contribution in [2.45, 2.75) is 13.8 Å². The highest BCUT2D eigenvalue weighted by Crippen LogP contribution is 2.21. The third-order valence-electron chi connectivity index (χ3n) is 2.14. The molecule has 17 heavy (non-hydrogen) atoms. The fourth-order valence-corrected chi connectivity index (χ4v) is 1.60. The van der Waals surface area contributed by atoms with Crippen molar-refractivity contribution in [1.29, 1.82) is 0 Å². The zero-order valence-electron chi connectivity index (χ0n) is 10.1. The first-order chi connectivity index (χ1) is 8.04. The third kappa shape index (κ3) is 4.07. The maximum atomic E-state index is 11.0. The highest BCUT2D eigenvalue weighted by atomic mass is 35.5. The molecule has 1 rings (SSSR count). The van der Waals surface area contributed by atoms with E-state index >= 15 is 0 Å². The predicted molar refractivity (Wildman–Crippen MR) is 70.1 cm³/mol. The number of rotatable bonds is 3. The molecule has 5 heteroatoms. The lowest BCUT2D eigenvalue weighted by molar-refractivity contribution is 0.163. The largest absolute Gasteiger partial charge is 0.448 e. The number of anilines is 1. The Kier molecular flexibility index (Phi) is 4.97. The molecule has 0 aliphatic carbocycles. The molecule has 0 aliphatic rings. The van der Waals surface area contributed by atoms with Crippen molar-refractivity contribution in [1.82, 2.24) is 0 Å². The van der Waals surface area contributed by atoms with E-state index in [1.54, 1.807) is 24.9 Å². The molecule has 0 bridgehead atoms. The Morgan fingerprint density at radius 2 is 2.29 bits per heavy atom. The van der Waals surface area contributed by atoms with Gasteiger partial charge in [0.2, 0.25) is 0 Å². The summed E-state index contributed by atoms with van der Waals surface area (Å²) in [5.41, 5.74) is 1.94. The van der Waals surface area contributed by atoms with Gasteiger partial charge in [-0.05, 0) is 37.6 Å². The standard InChI is InChI=1S/C12H15ClN2O2/c1-4-17-12(16)14-8-15(3)11-6-5-10(13)7-9(11)2/h5-8H,4H2,1-3H3. The van der Waals surface area contributed by atoms with E-state index in [0.717, 1.165) is 11.3 Å². The number of halogens is 1. The van der Waals surface area contributed by atoms with Gasteiger partial charge in [-0.3, -0.25) is 0 Å². The maximum absolute atomic E-state index is 11.0. The van der Waals surface area contributed by atoms with Gasteiger partial charge < -0.3 is 9.64 Å². The molecule has 0 heterocycles. The van der Waals surface area contributed by atoms with Crippen LogP contribution in [0.1, 0.15) is 12.5 Å². The van der Waals surface area contributed by atoms with E-state index in [0.29, 0.717) is 11.6 Å². The minimum Gasteiger partial charge on any atom is -0.448 e. The smallest absolute Gasteiger partial charge is 0.434 e. The molecule has 1 aromatic carbocycles. The summed E-state index contributed by atoms with van der Waals surface area (Å²) < 4.78 is 4.69. The van der Waals surface area contributed by atoms with E-state index in [-0.39, 0.29) is 0 Å². The summed E-state index contributed by atoms with van der Waals surface area (Å²) in [6.45, 7) is 4.00. The van der Waals surface area contributed by atoms with Gasteiger partial charge in [-0.25, -0.2) is 4.79 Å². The molecule has 0 radical (unpaired) electrons. The SMILES string of the molecule is CCOC(=O)N=CN(C)c1ccc(Cl)cc1C. The Morgan fingerprint density at radius 3 is 2.88 bits per heavy atom. The van der Waals surface area contributed by atoms with Crippen molar-refractivity contribution in [3.63, 3.8) is 0 Å². The normalized spacial score (nSPS) is 10.6. The molecule has 0 fully saturated rings. The van der Waals surface area contributed by atoms with Gasteiger partial charge in [0, 0.05) is 17.8 Å². The number of benzene rings is 1. The average molecular weight is 255 g/mol. The molecule has 92 valence electrons. The van der Waals surface area contributed by atoms with E-state index in [4.69, 9.17) is 16.3 Å². The quantitative estimate of drug-likeness (QED) is 0.614. The van der Waals surface area contributed by atoms with E-state index in [2.05, 4.69) is 4.99 Å². The number of hydrogen-bond acceptors (Lipinski definition) is 2. The molecular weight excluding hydrogens is 240 g/mol. The predicted octanol–water partition coefficient (Wildman–Crippen LogP) is 3.27. The van der Waals surface area contributed by atoms with Crippen LogP contribution in [0.15, 0.2) is 23.2 Å². The van der Waals surface area contributed by atoms with Gasteiger partial charge in [0.1, 0.15) is 6.34 Å². The summed E-state index contributed by atoms with van der Waals surface area (Å²) in [4.78, 5) is 16.4. The second kappa shape index (κ2) is 6.25. The monoisotopic (exact) mass is 254 g/mol. The first-order valence-electron chi connectivity index (χ1n) is 5.24. The van der Waals surface area contributed by atoms with Crippen LogP contribution >= 0.6 is 11.6 Å². The summed E-state index contributed by atoms with van der Waals surface area (Å²) in [6, 6.07) is 5.51. The molecule has 1 amide bonds. The second-order valence-electron chi connectivity index (χ2n) is 3.49. The molecule has 0 saturated carbocycles. The molecule has 4 nitrogen and oxygen atoms in total. The number of nitrogens with zero attached hydrogens (tertiary/aromatic N) is 2. The number of carbonyl (C=O) groups excluding carboxylic acids is 1. The summed E-state index contributed by atoms with van der Waals surface area (Å²) in [7, 11) is 1.80. The highest BCUT2D eigenvalue weighted by Gasteiger charge is 2.03. The number of hydrogen-bond donors (Lipinski definition) is 0. The van der Waals surface area contributed by atoms with Crippen LogP contribution in [0.5, 0.6) is 0 Å². The van der Waals surface area contributed by atoms with E-state index in [9.17, 15) is 4.79 Å². The molecular formula is C12H15ClN2O2. The number of amides is 1. The van der Waals surface area contributed by atoms with Crippen molar-refractivity contribution >= 4 is 29.7 Å². The van der Waals surface area contributed by atoms with E-state index in [1.165, 1.54) is 6.34 Å². The van der Waals surface area contributed by atoms with Gasteiger partial charge in [-0.1, -0.05) is 11.6 Å². The van der Waals surface area contributed by atoms with Gasteiger partial charge in [0.05, 0.1) is 6.61 Å². The van der Waals surface area contributed by atoms with E-state index < -0.39 is 6.09 Å². The summed E-state index contributed by atoms with van der Waals surface area (Å²) >= 11 is 5.86. The first-order valence-corrected chi connectivity index (χ1v) is 5.62. The highest BCUT2D eigenvalue weighted by molar-refractivity contribution is 6.30. The van der Waals surface area contributed by atoms with Crippen molar-refractivity contribution in [2.75, 3.05) is 18.6 Å². The van der Waals surface area contributed by atoms with Gasteiger partial charge in [0.15, 0.2) is 0 Å². The molecule has 1 aromatic rings. The van der Waals surface area contributed by atoms with Gasteiger partial charge in [0.25, 0.3) is 0 Å². The summed E-state index contributed by atoms with van der Waals surface area (Å²) in [6.07, 6.45) is 0.833. The molecule has 0 atom stereocenters. The van der Waals surface area contributed by atoms with Crippen LogP contribution < -0.4 is 4.90 Å². The molecule has 0 spiro atoms. The Balaban J connectivity index is 2.76. The molecule has 0 unspecified atom stereocenters. The number of ether oxygens (including phenoxy) is 1. The van der Waals surface area contributed by atoms with Crippen molar-refractivity contribution in [3.8, 4) is 0 Å². The van der Waals surface area contributed by atoms with Gasteiger partial charge in [-0.15, -0.1) is 0 Å². The van der Waals surface area contributed by atoms with Crippen LogP contribution in [0.2, 0.25) is 5.02 Å². The maximum Gasteiger partial charge on any atom is 0.434 e. The van der Waals surface area contributed by atoms with Crippen LogP contribution in [-0.4, -0.2) is 26.1 Å². The fraction of sp³-hybridized carbons (Fsp3) is 0.333. The zero-order valence-corrected chi connectivity index (χ0v) is 10.9. The Bertz CT molecular complexity index is 433. The second-order valence-corrected chi connectivity index (χ2v) is 3.92. The van der Waals surface area contributed by atoms with Crippen molar-refractivity contribution < 1.29 is 9.53 Å². The van der Waals surface area contributed by atoms with Crippen LogP contribution in [0.25, 0.3) is 0 Å². The molecule has 0 saturated heterocycles. The lowest BCUT2D eigenvalue weighted by Crippen LogP contribution is -2.16. The average Bonchev–Trinajstić information content (AvgIpc) is 2.26.